The van der Waals surface area contributed by atoms with E-state index in [1.54, 1.807) is 0 Å². The molecule has 1 aliphatic heterocycles. The molecule has 2 heterocycles. The number of amides is 1. The fraction of sp³-hybridized carbons (Fsp3) is 0.476. The third-order valence-electron chi connectivity index (χ3n) is 6.24. The first-order valence-corrected chi connectivity index (χ1v) is 9.68. The quantitative estimate of drug-likeness (QED) is 0.922. The summed E-state index contributed by atoms with van der Waals surface area (Å²) in [5.41, 5.74) is 11.4. The Balaban J connectivity index is 1.55. The van der Waals surface area contributed by atoms with Crippen molar-refractivity contribution in [2.45, 2.75) is 51.0 Å². The second-order valence-corrected chi connectivity index (χ2v) is 7.96. The summed E-state index contributed by atoms with van der Waals surface area (Å²) in [4.78, 5) is 23.6. The third-order valence-corrected chi connectivity index (χ3v) is 6.24. The van der Waals surface area contributed by atoms with Crippen molar-refractivity contribution in [2.24, 2.45) is 11.7 Å². The molecule has 0 radical (unpaired) electrons. The lowest BCUT2D eigenvalue weighted by atomic mass is 10.00. The Labute approximate surface area is 153 Å². The van der Waals surface area contributed by atoms with E-state index in [-0.39, 0.29) is 17.7 Å². The van der Waals surface area contributed by atoms with Crippen LogP contribution in [0.4, 0.5) is 5.95 Å². The zero-order valence-electron chi connectivity index (χ0n) is 15.1. The fourth-order valence-electron chi connectivity index (χ4n) is 4.39. The number of carbonyl (C=O) groups excluding carboxylic acids is 1. The Kier molecular flexibility index (Phi) is 3.52. The number of benzene rings is 1. The average molecular weight is 348 g/mol. The van der Waals surface area contributed by atoms with Crippen molar-refractivity contribution in [3.63, 3.8) is 0 Å². The summed E-state index contributed by atoms with van der Waals surface area (Å²) in [5, 5.41) is 0. The highest BCUT2D eigenvalue weighted by molar-refractivity contribution is 5.81. The van der Waals surface area contributed by atoms with Crippen LogP contribution in [-0.2, 0) is 17.6 Å². The molecular weight excluding hydrogens is 324 g/mol. The molecule has 0 spiro atoms. The molecule has 2 fully saturated rings. The summed E-state index contributed by atoms with van der Waals surface area (Å²) < 4.78 is 0. The molecule has 2 aliphatic carbocycles. The van der Waals surface area contributed by atoms with Crippen molar-refractivity contribution in [1.82, 2.24) is 9.97 Å². The van der Waals surface area contributed by atoms with Crippen molar-refractivity contribution in [1.29, 1.82) is 0 Å². The highest BCUT2D eigenvalue weighted by Gasteiger charge is 2.42. The average Bonchev–Trinajstić information content (AvgIpc) is 3.31. The maximum atomic E-state index is 11.4. The minimum atomic E-state index is -0.183. The van der Waals surface area contributed by atoms with Gasteiger partial charge in [-0.1, -0.05) is 18.2 Å². The van der Waals surface area contributed by atoms with Gasteiger partial charge in [0.15, 0.2) is 0 Å². The Morgan fingerprint density at radius 2 is 2.15 bits per heavy atom. The Morgan fingerprint density at radius 3 is 2.85 bits per heavy atom. The van der Waals surface area contributed by atoms with Gasteiger partial charge in [-0.25, -0.2) is 9.97 Å². The molecule has 1 aromatic carbocycles. The Bertz CT molecular complexity index is 894. The first kappa shape index (κ1) is 15.8. The SMILES string of the molecule is C[C@H]1CCN1c1nc2c(c(-c3cccc([C@H]4C[C@@H]4C(N)=O)c3)n1)CCC2. The molecule has 1 aromatic heterocycles. The minimum absolute atomic E-state index is 0.00105. The van der Waals surface area contributed by atoms with Crippen molar-refractivity contribution in [3.05, 3.63) is 41.1 Å². The van der Waals surface area contributed by atoms with E-state index >= 15 is 0 Å². The second kappa shape index (κ2) is 5.79. The largest absolute Gasteiger partial charge is 0.369 e. The number of rotatable bonds is 4. The molecule has 0 bridgehead atoms. The molecule has 2 N–H and O–H groups in total. The van der Waals surface area contributed by atoms with Gasteiger partial charge in [-0.2, -0.15) is 0 Å². The zero-order chi connectivity index (χ0) is 17.8. The number of carbonyl (C=O) groups is 1. The molecule has 5 rings (SSSR count). The van der Waals surface area contributed by atoms with Crippen LogP contribution in [0.2, 0.25) is 0 Å². The number of aryl methyl sites for hydroxylation is 1. The predicted molar refractivity (Wildman–Crippen MR) is 101 cm³/mol. The molecule has 3 atom stereocenters. The summed E-state index contributed by atoms with van der Waals surface area (Å²) in [7, 11) is 0. The number of hydrogen-bond donors (Lipinski definition) is 1. The highest BCUT2D eigenvalue weighted by atomic mass is 16.1. The molecule has 134 valence electrons. The maximum absolute atomic E-state index is 11.4. The van der Waals surface area contributed by atoms with E-state index in [2.05, 4.69) is 36.1 Å². The van der Waals surface area contributed by atoms with E-state index in [0.29, 0.717) is 6.04 Å². The van der Waals surface area contributed by atoms with Gasteiger partial charge in [-0.05, 0) is 56.6 Å². The topological polar surface area (TPSA) is 72.1 Å². The highest BCUT2D eigenvalue weighted by Crippen LogP contribution is 2.48. The summed E-state index contributed by atoms with van der Waals surface area (Å²) in [6.07, 6.45) is 5.34. The monoisotopic (exact) mass is 348 g/mol. The smallest absolute Gasteiger partial charge is 0.226 e. The molecule has 5 nitrogen and oxygen atoms in total. The summed E-state index contributed by atoms with van der Waals surface area (Å²) in [6, 6.07) is 9.05. The van der Waals surface area contributed by atoms with Gasteiger partial charge in [0.1, 0.15) is 0 Å². The third kappa shape index (κ3) is 2.49. The normalized spacial score (nSPS) is 26.3. The van der Waals surface area contributed by atoms with Crippen LogP contribution in [-0.4, -0.2) is 28.5 Å². The molecule has 1 amide bonds. The van der Waals surface area contributed by atoms with Crippen LogP contribution < -0.4 is 10.6 Å². The lowest BCUT2D eigenvalue weighted by molar-refractivity contribution is -0.119. The van der Waals surface area contributed by atoms with Crippen molar-refractivity contribution < 1.29 is 4.79 Å². The number of hydrogen-bond acceptors (Lipinski definition) is 4. The number of nitrogens with zero attached hydrogens (tertiary/aromatic N) is 3. The molecule has 1 saturated carbocycles. The number of anilines is 1. The van der Waals surface area contributed by atoms with Crippen molar-refractivity contribution >= 4 is 11.9 Å². The van der Waals surface area contributed by atoms with Gasteiger partial charge >= 0.3 is 0 Å². The van der Waals surface area contributed by atoms with E-state index in [1.165, 1.54) is 23.2 Å². The van der Waals surface area contributed by atoms with E-state index in [0.717, 1.165) is 49.4 Å². The first-order chi connectivity index (χ1) is 12.6. The van der Waals surface area contributed by atoms with Gasteiger partial charge in [0.2, 0.25) is 11.9 Å². The molecule has 5 heteroatoms. The van der Waals surface area contributed by atoms with Gasteiger partial charge in [-0.3, -0.25) is 4.79 Å². The standard InChI is InChI=1S/C21H24N4O/c1-12-8-9-25(12)21-23-18-7-3-6-15(18)19(24-21)14-5-2-4-13(10-14)16-11-17(16)20(22)26/h2,4-5,10,12,16-17H,3,6-9,11H2,1H3,(H2,22,26)/t12-,16+,17-/m0/s1. The second-order valence-electron chi connectivity index (χ2n) is 7.96. The lowest BCUT2D eigenvalue weighted by Crippen LogP contribution is -2.46. The number of fused-ring (bicyclic) bond motifs is 1. The van der Waals surface area contributed by atoms with Crippen LogP contribution in [0.5, 0.6) is 0 Å². The van der Waals surface area contributed by atoms with E-state index in [4.69, 9.17) is 15.7 Å². The van der Waals surface area contributed by atoms with Crippen LogP contribution in [0, 0.1) is 5.92 Å². The number of primary amides is 1. The van der Waals surface area contributed by atoms with Gasteiger partial charge in [-0.15, -0.1) is 0 Å². The maximum Gasteiger partial charge on any atom is 0.226 e. The van der Waals surface area contributed by atoms with E-state index in [1.807, 2.05) is 0 Å². The van der Waals surface area contributed by atoms with Crippen molar-refractivity contribution in [2.75, 3.05) is 11.4 Å². The summed E-state index contributed by atoms with van der Waals surface area (Å²) >= 11 is 0. The van der Waals surface area contributed by atoms with Gasteiger partial charge in [0.05, 0.1) is 5.69 Å². The molecule has 2 aromatic rings. The van der Waals surface area contributed by atoms with Crippen LogP contribution in [0.3, 0.4) is 0 Å². The summed E-state index contributed by atoms with van der Waals surface area (Å²) in [6.45, 7) is 3.28. The summed E-state index contributed by atoms with van der Waals surface area (Å²) in [5.74, 6) is 0.972. The molecule has 0 unspecified atom stereocenters. The van der Waals surface area contributed by atoms with Crippen LogP contribution in [0.15, 0.2) is 24.3 Å². The minimum Gasteiger partial charge on any atom is -0.369 e. The lowest BCUT2D eigenvalue weighted by Gasteiger charge is -2.39. The zero-order valence-corrected chi connectivity index (χ0v) is 15.1. The van der Waals surface area contributed by atoms with Gasteiger partial charge in [0.25, 0.3) is 0 Å². The molecule has 1 saturated heterocycles. The van der Waals surface area contributed by atoms with Crippen molar-refractivity contribution in [3.8, 4) is 11.3 Å². The first-order valence-electron chi connectivity index (χ1n) is 9.68. The van der Waals surface area contributed by atoms with Crippen LogP contribution >= 0.6 is 0 Å². The fourth-order valence-corrected chi connectivity index (χ4v) is 4.39. The Hall–Kier alpha value is -2.43. The van der Waals surface area contributed by atoms with Gasteiger partial charge < -0.3 is 10.6 Å². The van der Waals surface area contributed by atoms with Crippen LogP contribution in [0.1, 0.15) is 48.9 Å². The number of nitrogens with two attached hydrogens (primary N) is 1. The molecular formula is C21H24N4O. The van der Waals surface area contributed by atoms with E-state index in [9.17, 15) is 4.79 Å². The molecule has 26 heavy (non-hydrogen) atoms. The van der Waals surface area contributed by atoms with E-state index < -0.39 is 0 Å². The van der Waals surface area contributed by atoms with Gasteiger partial charge in [0, 0.05) is 35.3 Å². The van der Waals surface area contributed by atoms with Crippen LogP contribution in [0.25, 0.3) is 11.3 Å². The predicted octanol–water partition coefficient (Wildman–Crippen LogP) is 2.82. The molecule has 3 aliphatic rings. The Morgan fingerprint density at radius 1 is 1.27 bits per heavy atom. The number of aromatic nitrogens is 2.